The fourth-order valence-corrected chi connectivity index (χ4v) is 5.34. The zero-order valence-electron chi connectivity index (χ0n) is 19.3. The van der Waals surface area contributed by atoms with Crippen molar-refractivity contribution >= 4 is 27.5 Å². The average molecular weight is 554 g/mol. The van der Waals surface area contributed by atoms with E-state index >= 15 is 0 Å². The van der Waals surface area contributed by atoms with Crippen molar-refractivity contribution in [2.24, 2.45) is 5.92 Å². The Bertz CT molecular complexity index is 1150. The Hall–Kier alpha value is -1.85. The predicted molar refractivity (Wildman–Crippen MR) is 125 cm³/mol. The van der Waals surface area contributed by atoms with E-state index in [1.54, 1.807) is 0 Å². The summed E-state index contributed by atoms with van der Waals surface area (Å²) >= 11 is 6.12. The topological polar surface area (TPSA) is 75.3 Å². The van der Waals surface area contributed by atoms with Gasteiger partial charge in [0.05, 0.1) is 44.2 Å². The van der Waals surface area contributed by atoms with Crippen LogP contribution in [-0.4, -0.2) is 59.1 Å². The van der Waals surface area contributed by atoms with Crippen LogP contribution in [-0.2, 0) is 21.0 Å². The minimum Gasteiger partial charge on any atom is -1.00 e. The number of amides is 1. The number of sulfonamides is 1. The summed E-state index contributed by atoms with van der Waals surface area (Å²) < 4.78 is 68.6. The van der Waals surface area contributed by atoms with Crippen molar-refractivity contribution in [3.05, 3.63) is 53.1 Å². The van der Waals surface area contributed by atoms with Crippen LogP contribution in [0.3, 0.4) is 0 Å². The quantitative estimate of drug-likeness (QED) is 0.500. The Morgan fingerprint density at radius 1 is 1.09 bits per heavy atom. The number of halogens is 5. The van der Waals surface area contributed by atoms with Crippen LogP contribution in [0.5, 0.6) is 0 Å². The maximum Gasteiger partial charge on any atom is 0.416 e. The smallest absolute Gasteiger partial charge is 0.416 e. The van der Waals surface area contributed by atoms with Gasteiger partial charge in [-0.2, -0.15) is 13.2 Å². The molecule has 2 N–H and O–H groups in total. The third-order valence-corrected chi connectivity index (χ3v) is 7.85. The van der Waals surface area contributed by atoms with Gasteiger partial charge in [0.1, 0.15) is 0 Å². The molecule has 2 aromatic carbocycles. The van der Waals surface area contributed by atoms with Crippen molar-refractivity contribution in [3.63, 3.8) is 0 Å². The van der Waals surface area contributed by atoms with Crippen LogP contribution in [0.25, 0.3) is 11.1 Å². The molecule has 35 heavy (non-hydrogen) atoms. The van der Waals surface area contributed by atoms with Gasteiger partial charge >= 0.3 is 6.18 Å². The van der Waals surface area contributed by atoms with E-state index < -0.39 is 34.2 Å². The Kier molecular flexibility index (Phi) is 9.63. The molecule has 1 fully saturated rings. The normalized spacial score (nSPS) is 16.4. The highest BCUT2D eigenvalue weighted by Crippen LogP contribution is 2.38. The fraction of sp³-hybridized carbons (Fsp3) is 0.435. The van der Waals surface area contributed by atoms with E-state index in [2.05, 4.69) is 24.1 Å². The molecule has 0 saturated carbocycles. The first-order valence-corrected chi connectivity index (χ1v) is 12.7. The third kappa shape index (κ3) is 7.82. The molecule has 6 nitrogen and oxygen atoms in total. The molecule has 1 aliphatic rings. The van der Waals surface area contributed by atoms with Crippen molar-refractivity contribution in [2.45, 2.75) is 23.9 Å². The van der Waals surface area contributed by atoms with Gasteiger partial charge in [0.15, 0.2) is 0 Å². The molecule has 0 unspecified atom stereocenters. The van der Waals surface area contributed by atoms with Crippen LogP contribution in [0, 0.1) is 5.92 Å². The Morgan fingerprint density at radius 2 is 1.71 bits per heavy atom. The van der Waals surface area contributed by atoms with Crippen molar-refractivity contribution < 1.29 is 43.3 Å². The molecule has 1 aliphatic heterocycles. The lowest BCUT2D eigenvalue weighted by atomic mass is 9.96. The maximum atomic E-state index is 13.2. The monoisotopic (exact) mass is 553 g/mol. The largest absolute Gasteiger partial charge is 1.00 e. The zero-order valence-corrected chi connectivity index (χ0v) is 21.7. The Morgan fingerprint density at radius 3 is 2.34 bits per heavy atom. The molecular formula is C23H28Cl2F3N3O3S. The molecule has 12 heteroatoms. The van der Waals surface area contributed by atoms with Gasteiger partial charge in [-0.1, -0.05) is 29.8 Å². The summed E-state index contributed by atoms with van der Waals surface area (Å²) in [5.41, 5.74) is -1.01. The highest BCUT2D eigenvalue weighted by atomic mass is 35.5. The standard InChI is InChI=1S/C23H27ClF3N3O3S.ClH/c1-30(2)11-9-16(10-12-30)14-28-22(31)15-29-34(32,33)21-6-4-3-5-18(21)19-13-17(23(25,26)27)7-8-20(19)24;/h3-8,13,16,29H,9-12,14-15H2,1-2H3;1H. The molecule has 0 spiro atoms. The summed E-state index contributed by atoms with van der Waals surface area (Å²) in [6.45, 7) is 2.02. The zero-order chi connectivity index (χ0) is 25.1. The molecule has 1 heterocycles. The molecule has 1 amide bonds. The molecule has 2 aromatic rings. The van der Waals surface area contributed by atoms with Gasteiger partial charge in [-0.15, -0.1) is 0 Å². The van der Waals surface area contributed by atoms with Crippen LogP contribution < -0.4 is 22.4 Å². The number of hydrogen-bond donors (Lipinski definition) is 2. The lowest BCUT2D eigenvalue weighted by Gasteiger charge is -2.37. The number of nitrogens with zero attached hydrogens (tertiary/aromatic N) is 1. The first-order valence-electron chi connectivity index (χ1n) is 10.8. The predicted octanol–water partition coefficient (Wildman–Crippen LogP) is 0.911. The fourth-order valence-electron chi connectivity index (χ4n) is 3.91. The minimum atomic E-state index is -4.61. The van der Waals surface area contributed by atoms with E-state index in [0.717, 1.165) is 48.6 Å². The second-order valence-corrected chi connectivity index (χ2v) is 11.3. The van der Waals surface area contributed by atoms with E-state index in [4.69, 9.17) is 11.6 Å². The van der Waals surface area contributed by atoms with Gasteiger partial charge in [-0.3, -0.25) is 4.79 Å². The summed E-state index contributed by atoms with van der Waals surface area (Å²) in [5, 5.41) is 2.74. The number of alkyl halides is 3. The van der Waals surface area contributed by atoms with Crippen LogP contribution >= 0.6 is 11.6 Å². The van der Waals surface area contributed by atoms with Crippen molar-refractivity contribution in [1.82, 2.24) is 10.0 Å². The number of hydrogen-bond acceptors (Lipinski definition) is 3. The first kappa shape index (κ1) is 29.4. The molecule has 194 valence electrons. The van der Waals surface area contributed by atoms with Crippen LogP contribution in [0.15, 0.2) is 47.4 Å². The molecule has 0 aliphatic carbocycles. The molecule has 0 radical (unpaired) electrons. The van der Waals surface area contributed by atoms with Crippen molar-refractivity contribution in [3.8, 4) is 11.1 Å². The Balaban J connectivity index is 0.00000432. The number of piperidine rings is 1. The number of likely N-dealkylation sites (tertiary alicyclic amines) is 1. The van der Waals surface area contributed by atoms with E-state index in [1.807, 2.05) is 0 Å². The second kappa shape index (κ2) is 11.5. The number of nitrogens with one attached hydrogen (secondary N) is 2. The first-order chi connectivity index (χ1) is 15.8. The number of carbonyl (C=O) groups excluding carboxylic acids is 1. The Labute approximate surface area is 214 Å². The average Bonchev–Trinajstić information content (AvgIpc) is 2.76. The third-order valence-electron chi connectivity index (χ3n) is 6.06. The summed E-state index contributed by atoms with van der Waals surface area (Å²) in [7, 11) is 0.110. The summed E-state index contributed by atoms with van der Waals surface area (Å²) in [6.07, 6.45) is -2.66. The van der Waals surface area contributed by atoms with Gasteiger partial charge < -0.3 is 22.2 Å². The highest BCUT2D eigenvalue weighted by Gasteiger charge is 2.32. The van der Waals surface area contributed by atoms with Gasteiger partial charge in [0, 0.05) is 35.5 Å². The van der Waals surface area contributed by atoms with Crippen molar-refractivity contribution in [2.75, 3.05) is 40.3 Å². The molecule has 0 aromatic heterocycles. The van der Waals surface area contributed by atoms with Crippen LogP contribution in [0.4, 0.5) is 13.2 Å². The molecule has 0 bridgehead atoms. The minimum absolute atomic E-state index is 0. The lowest BCUT2D eigenvalue weighted by molar-refractivity contribution is -0.896. The number of rotatable bonds is 7. The number of quaternary nitrogens is 1. The molecule has 0 atom stereocenters. The number of benzene rings is 2. The van der Waals surface area contributed by atoms with E-state index in [-0.39, 0.29) is 33.5 Å². The lowest BCUT2D eigenvalue weighted by Crippen LogP contribution is -3.00. The maximum absolute atomic E-state index is 13.2. The molecule has 1 saturated heterocycles. The van der Waals surface area contributed by atoms with E-state index in [1.165, 1.54) is 24.3 Å². The van der Waals surface area contributed by atoms with Crippen LogP contribution in [0.2, 0.25) is 5.02 Å². The van der Waals surface area contributed by atoms with Gasteiger partial charge in [0.2, 0.25) is 15.9 Å². The van der Waals surface area contributed by atoms with Gasteiger partial charge in [-0.25, -0.2) is 13.1 Å². The van der Waals surface area contributed by atoms with E-state index in [9.17, 15) is 26.4 Å². The second-order valence-electron chi connectivity index (χ2n) is 9.14. The molecular weight excluding hydrogens is 526 g/mol. The van der Waals surface area contributed by atoms with Crippen LogP contribution in [0.1, 0.15) is 18.4 Å². The molecule has 3 rings (SSSR count). The van der Waals surface area contributed by atoms with Gasteiger partial charge in [0.25, 0.3) is 0 Å². The summed E-state index contributed by atoms with van der Waals surface area (Å²) in [5.74, 6) is -0.132. The van der Waals surface area contributed by atoms with Crippen molar-refractivity contribution in [1.29, 1.82) is 0 Å². The SMILES string of the molecule is C[N+]1(C)CCC(CNC(=O)CNS(=O)(=O)c2ccccc2-c2cc(C(F)(F)F)ccc2Cl)CC1.[Cl-]. The summed E-state index contributed by atoms with van der Waals surface area (Å²) in [4.78, 5) is 12.0. The summed E-state index contributed by atoms with van der Waals surface area (Å²) in [6, 6.07) is 8.30. The highest BCUT2D eigenvalue weighted by molar-refractivity contribution is 7.89. The van der Waals surface area contributed by atoms with Gasteiger partial charge in [-0.05, 0) is 30.2 Å². The van der Waals surface area contributed by atoms with E-state index in [0.29, 0.717) is 12.5 Å². The number of carbonyl (C=O) groups is 1.